The van der Waals surface area contributed by atoms with E-state index in [1.54, 1.807) is 6.08 Å². The molecule has 0 radical (unpaired) electrons. The molecule has 7 atom stereocenters. The Bertz CT molecular complexity index is 1110. The molecule has 0 aromatic rings. The average molecular weight is 864 g/mol. The maximum absolute atomic E-state index is 13.0. The van der Waals surface area contributed by atoms with Gasteiger partial charge in [0, 0.05) is 6.42 Å². The third-order valence-electron chi connectivity index (χ3n) is 11.6. The lowest BCUT2D eigenvalue weighted by Crippen LogP contribution is -2.61. The fourth-order valence-corrected chi connectivity index (χ4v) is 8.32. The monoisotopic (exact) mass is 864 g/mol. The van der Waals surface area contributed by atoms with Crippen molar-refractivity contribution in [3.63, 3.8) is 0 Å². The molecule has 0 saturated carbocycles. The van der Waals surface area contributed by atoms with Crippen LogP contribution in [-0.4, -0.2) is 95.4 Å². The molecule has 13 heteroatoms. The van der Waals surface area contributed by atoms with Crippen LogP contribution in [0.4, 0.5) is 0 Å². The van der Waals surface area contributed by atoms with Gasteiger partial charge in [-0.2, -0.15) is 8.42 Å². The van der Waals surface area contributed by atoms with Gasteiger partial charge in [-0.3, -0.25) is 9.35 Å². The first-order chi connectivity index (χ1) is 28.5. The van der Waals surface area contributed by atoms with Crippen LogP contribution in [0.5, 0.6) is 0 Å². The Kier molecular flexibility index (Phi) is 35.4. The minimum absolute atomic E-state index is 0.263. The van der Waals surface area contributed by atoms with E-state index in [1.165, 1.54) is 154 Å². The van der Waals surface area contributed by atoms with Crippen molar-refractivity contribution in [1.29, 1.82) is 0 Å². The Labute approximate surface area is 360 Å². The van der Waals surface area contributed by atoms with Gasteiger partial charge in [-0.1, -0.05) is 206 Å². The van der Waals surface area contributed by atoms with E-state index >= 15 is 0 Å². The third kappa shape index (κ3) is 30.5. The molecule has 1 aliphatic heterocycles. The fraction of sp³-hybridized carbons (Fsp3) is 0.935. The summed E-state index contributed by atoms with van der Waals surface area (Å²) >= 11 is 0. The zero-order chi connectivity index (χ0) is 43.4. The summed E-state index contributed by atoms with van der Waals surface area (Å²) in [5.41, 5.74) is 0. The van der Waals surface area contributed by atoms with Crippen LogP contribution >= 0.6 is 0 Å². The van der Waals surface area contributed by atoms with Gasteiger partial charge in [0.05, 0.1) is 25.4 Å². The molecule has 6 N–H and O–H groups in total. The van der Waals surface area contributed by atoms with Crippen molar-refractivity contribution < 1.29 is 51.8 Å². The van der Waals surface area contributed by atoms with Crippen LogP contribution in [0.15, 0.2) is 12.2 Å². The summed E-state index contributed by atoms with van der Waals surface area (Å²) in [5.74, 6) is -0.263. The molecule has 1 amide bonds. The molecule has 0 bridgehead atoms. The largest absolute Gasteiger partial charge is 0.397 e. The highest BCUT2D eigenvalue weighted by Gasteiger charge is 2.48. The van der Waals surface area contributed by atoms with Crippen LogP contribution in [0.3, 0.4) is 0 Å². The molecule has 1 rings (SSSR count). The van der Waals surface area contributed by atoms with Crippen molar-refractivity contribution in [2.75, 3.05) is 13.2 Å². The summed E-state index contributed by atoms with van der Waals surface area (Å²) in [6, 6.07) is -0.937. The molecule has 1 fully saturated rings. The molecule has 1 saturated heterocycles. The maximum Gasteiger partial charge on any atom is 0.397 e. The fourth-order valence-electron chi connectivity index (χ4n) is 7.81. The molecule has 0 spiro atoms. The van der Waals surface area contributed by atoms with E-state index in [1.807, 2.05) is 6.08 Å². The topological polar surface area (TPSA) is 192 Å². The van der Waals surface area contributed by atoms with E-state index in [9.17, 15) is 38.2 Å². The lowest BCUT2D eigenvalue weighted by Gasteiger charge is -2.41. The highest BCUT2D eigenvalue weighted by molar-refractivity contribution is 7.80. The Morgan fingerprint density at radius 2 is 1.07 bits per heavy atom. The third-order valence-corrected chi connectivity index (χ3v) is 12.0. The first-order valence-corrected chi connectivity index (χ1v) is 25.4. The van der Waals surface area contributed by atoms with Crippen LogP contribution < -0.4 is 5.32 Å². The van der Waals surface area contributed by atoms with Crippen molar-refractivity contribution in [1.82, 2.24) is 5.32 Å². The van der Waals surface area contributed by atoms with Crippen LogP contribution in [0.25, 0.3) is 0 Å². The van der Waals surface area contributed by atoms with E-state index < -0.39 is 59.9 Å². The van der Waals surface area contributed by atoms with E-state index in [2.05, 4.69) is 23.3 Å². The number of allylic oxidation sites excluding steroid dienone is 1. The van der Waals surface area contributed by atoms with E-state index in [0.29, 0.717) is 6.42 Å². The zero-order valence-corrected chi connectivity index (χ0v) is 38.1. The minimum Gasteiger partial charge on any atom is -0.394 e. The number of hydrogen-bond donors (Lipinski definition) is 6. The quantitative estimate of drug-likeness (QED) is 0.0195. The molecule has 0 aliphatic carbocycles. The number of carbonyl (C=O) groups excluding carboxylic acids is 1. The van der Waals surface area contributed by atoms with Crippen LogP contribution in [0, 0.1) is 0 Å². The average Bonchev–Trinajstić information content (AvgIpc) is 3.20. The molecular formula is C46H89NO11S. The second-order valence-electron chi connectivity index (χ2n) is 17.1. The first kappa shape index (κ1) is 55.9. The molecule has 1 aliphatic rings. The van der Waals surface area contributed by atoms with Gasteiger partial charge in [0.2, 0.25) is 5.91 Å². The molecule has 350 valence electrons. The number of unbranched alkanes of at least 4 members (excludes halogenated alkanes) is 29. The van der Waals surface area contributed by atoms with Gasteiger partial charge >= 0.3 is 10.4 Å². The summed E-state index contributed by atoms with van der Waals surface area (Å²) in [4.78, 5) is 13.0. The predicted octanol–water partition coefficient (Wildman–Crippen LogP) is 9.55. The van der Waals surface area contributed by atoms with Crippen LogP contribution in [0.1, 0.15) is 219 Å². The van der Waals surface area contributed by atoms with Crippen molar-refractivity contribution in [3.05, 3.63) is 12.2 Å². The number of nitrogens with one attached hydrogen (secondary N) is 1. The van der Waals surface area contributed by atoms with E-state index in [4.69, 9.17) is 9.47 Å². The SMILES string of the molecule is CCCCCCCCCCCCCCCCCCCCCC/C=C/C(O)C(COC1OC(CO)C(O)C(OS(=O)(=O)O)C1O)NC(=O)CCCCCCCCCCCC. The van der Waals surface area contributed by atoms with Crippen molar-refractivity contribution in [2.24, 2.45) is 0 Å². The summed E-state index contributed by atoms with van der Waals surface area (Å²) in [6.45, 7) is 3.38. The zero-order valence-electron chi connectivity index (χ0n) is 37.3. The Morgan fingerprint density at radius 1 is 0.661 bits per heavy atom. The number of aliphatic hydroxyl groups excluding tert-OH is 4. The number of rotatable bonds is 41. The molecule has 7 unspecified atom stereocenters. The van der Waals surface area contributed by atoms with Gasteiger partial charge in [-0.05, 0) is 19.3 Å². The smallest absolute Gasteiger partial charge is 0.394 e. The summed E-state index contributed by atoms with van der Waals surface area (Å²) in [5, 5.41) is 44.7. The number of carbonyl (C=O) groups is 1. The molecule has 0 aromatic heterocycles. The normalized spacial score (nSPS) is 21.0. The highest BCUT2D eigenvalue weighted by Crippen LogP contribution is 2.26. The molecular weight excluding hydrogens is 775 g/mol. The van der Waals surface area contributed by atoms with Gasteiger partial charge in [0.1, 0.15) is 24.4 Å². The van der Waals surface area contributed by atoms with Crippen LogP contribution in [-0.2, 0) is 28.9 Å². The lowest BCUT2D eigenvalue weighted by molar-refractivity contribution is -0.298. The maximum atomic E-state index is 13.0. The molecule has 0 aromatic carbocycles. The lowest BCUT2D eigenvalue weighted by atomic mass is 9.99. The number of aliphatic hydroxyl groups is 4. The number of hydrogen-bond acceptors (Lipinski definition) is 10. The van der Waals surface area contributed by atoms with E-state index in [-0.39, 0.29) is 18.9 Å². The van der Waals surface area contributed by atoms with Gasteiger partial charge in [-0.25, -0.2) is 4.18 Å². The van der Waals surface area contributed by atoms with Gasteiger partial charge in [-0.15, -0.1) is 0 Å². The second kappa shape index (κ2) is 37.4. The van der Waals surface area contributed by atoms with Crippen molar-refractivity contribution in [2.45, 2.75) is 262 Å². The van der Waals surface area contributed by atoms with Crippen LogP contribution in [0.2, 0.25) is 0 Å². The Morgan fingerprint density at radius 3 is 1.47 bits per heavy atom. The highest BCUT2D eigenvalue weighted by atomic mass is 32.3. The first-order valence-electron chi connectivity index (χ1n) is 24.1. The summed E-state index contributed by atoms with van der Waals surface area (Å²) < 4.78 is 47.5. The molecule has 59 heavy (non-hydrogen) atoms. The number of ether oxygens (including phenoxy) is 2. The Balaban J connectivity index is 2.43. The molecule has 1 heterocycles. The number of amides is 1. The Hall–Kier alpha value is -1.16. The summed E-state index contributed by atoms with van der Waals surface area (Å²) in [7, 11) is -5.08. The van der Waals surface area contributed by atoms with E-state index in [0.717, 1.165) is 38.5 Å². The summed E-state index contributed by atoms with van der Waals surface area (Å²) in [6.07, 6.45) is 32.6. The predicted molar refractivity (Wildman–Crippen MR) is 236 cm³/mol. The van der Waals surface area contributed by atoms with Crippen molar-refractivity contribution in [3.8, 4) is 0 Å². The minimum atomic E-state index is -5.08. The second-order valence-corrected chi connectivity index (χ2v) is 18.1. The van der Waals surface area contributed by atoms with Gasteiger partial charge in [0.25, 0.3) is 0 Å². The van der Waals surface area contributed by atoms with Crippen molar-refractivity contribution >= 4 is 16.3 Å². The van der Waals surface area contributed by atoms with Gasteiger partial charge < -0.3 is 35.2 Å². The standard InChI is InChI=1S/C46H89NO11S/c1-3-5-7-9-11-13-15-16-17-18-19-20-21-22-23-24-25-26-27-29-31-33-35-40(49)39(47-42(50)36-34-32-30-28-14-12-10-8-6-4-2)38-56-46-44(52)45(58-59(53,54)55)43(51)41(37-48)57-46/h33,35,39-41,43-46,48-49,51-52H,3-32,34,36-38H2,1-2H3,(H,47,50)(H,53,54,55)/b35-33+. The van der Waals surface area contributed by atoms with Gasteiger partial charge in [0.15, 0.2) is 6.29 Å². The molecule has 12 nitrogen and oxygen atoms in total.